The summed E-state index contributed by atoms with van der Waals surface area (Å²) in [6.45, 7) is 2.76. The number of carbonyl (C=O) groups is 1. The van der Waals surface area contributed by atoms with Crippen LogP contribution in [-0.4, -0.2) is 39.7 Å². The zero-order chi connectivity index (χ0) is 17.6. The lowest BCUT2D eigenvalue weighted by molar-refractivity contribution is -0.137. The molecule has 3 rings (SSSR count). The molecule has 0 atom stereocenters. The summed E-state index contributed by atoms with van der Waals surface area (Å²) in [5, 5.41) is 9.22. The minimum Gasteiger partial charge on any atom is -0.490 e. The first kappa shape index (κ1) is 17.8. The van der Waals surface area contributed by atoms with Crippen molar-refractivity contribution < 1.29 is 14.3 Å². The zero-order valence-electron chi connectivity index (χ0n) is 14.6. The SMILES string of the molecule is CCn1c(SCC(=O)OC)nnc1-c1ccc(OC2CCCC2)cc1. The fourth-order valence-electron chi connectivity index (χ4n) is 2.96. The number of ether oxygens (including phenoxy) is 2. The maximum atomic E-state index is 11.3. The van der Waals surface area contributed by atoms with E-state index in [1.54, 1.807) is 0 Å². The van der Waals surface area contributed by atoms with Gasteiger partial charge in [-0.1, -0.05) is 11.8 Å². The molecule has 0 spiro atoms. The van der Waals surface area contributed by atoms with Crippen molar-refractivity contribution in [1.82, 2.24) is 14.8 Å². The molecule has 134 valence electrons. The Kier molecular flexibility index (Phi) is 5.96. The number of nitrogens with zero attached hydrogens (tertiary/aromatic N) is 3. The van der Waals surface area contributed by atoms with E-state index < -0.39 is 0 Å². The number of rotatable bonds is 7. The van der Waals surface area contributed by atoms with E-state index in [-0.39, 0.29) is 11.7 Å². The molecule has 0 amide bonds. The molecule has 1 aromatic heterocycles. The first-order valence-electron chi connectivity index (χ1n) is 8.61. The molecule has 25 heavy (non-hydrogen) atoms. The van der Waals surface area contributed by atoms with Crippen LogP contribution >= 0.6 is 11.8 Å². The average molecular weight is 361 g/mol. The highest BCUT2D eigenvalue weighted by Crippen LogP contribution is 2.28. The lowest BCUT2D eigenvalue weighted by atomic mass is 10.2. The van der Waals surface area contributed by atoms with E-state index in [0.717, 1.165) is 36.5 Å². The highest BCUT2D eigenvalue weighted by atomic mass is 32.2. The van der Waals surface area contributed by atoms with Gasteiger partial charge in [0.05, 0.1) is 19.0 Å². The summed E-state index contributed by atoms with van der Waals surface area (Å²) in [6.07, 6.45) is 5.16. The van der Waals surface area contributed by atoms with Gasteiger partial charge in [0.1, 0.15) is 5.75 Å². The Hall–Kier alpha value is -2.02. The van der Waals surface area contributed by atoms with E-state index in [9.17, 15) is 4.79 Å². The molecule has 0 aliphatic heterocycles. The molecule has 1 aromatic carbocycles. The van der Waals surface area contributed by atoms with Crippen molar-refractivity contribution in [3.63, 3.8) is 0 Å². The number of aromatic nitrogens is 3. The second-order valence-corrected chi connectivity index (χ2v) is 6.91. The first-order valence-corrected chi connectivity index (χ1v) is 9.59. The van der Waals surface area contributed by atoms with Gasteiger partial charge in [-0.3, -0.25) is 4.79 Å². The molecule has 1 heterocycles. The third kappa shape index (κ3) is 4.34. The maximum Gasteiger partial charge on any atom is 0.316 e. The van der Waals surface area contributed by atoms with Gasteiger partial charge in [0, 0.05) is 12.1 Å². The van der Waals surface area contributed by atoms with Crippen LogP contribution in [0, 0.1) is 0 Å². The Bertz CT molecular complexity index is 709. The monoisotopic (exact) mass is 361 g/mol. The van der Waals surface area contributed by atoms with E-state index >= 15 is 0 Å². The average Bonchev–Trinajstić information content (AvgIpc) is 3.29. The second kappa shape index (κ2) is 8.38. The van der Waals surface area contributed by atoms with Gasteiger partial charge in [0.2, 0.25) is 0 Å². The molecule has 0 saturated heterocycles. The van der Waals surface area contributed by atoms with Gasteiger partial charge in [-0.25, -0.2) is 0 Å². The fraction of sp³-hybridized carbons (Fsp3) is 0.500. The lowest BCUT2D eigenvalue weighted by Gasteiger charge is -2.13. The third-order valence-electron chi connectivity index (χ3n) is 4.30. The van der Waals surface area contributed by atoms with Gasteiger partial charge in [-0.05, 0) is 56.9 Å². The minimum atomic E-state index is -0.273. The van der Waals surface area contributed by atoms with Crippen LogP contribution in [0.2, 0.25) is 0 Å². The number of thioether (sulfide) groups is 1. The molecule has 1 aliphatic rings. The fourth-order valence-corrected chi connectivity index (χ4v) is 3.79. The van der Waals surface area contributed by atoms with E-state index in [2.05, 4.69) is 14.9 Å². The number of benzene rings is 1. The molecule has 1 aliphatic carbocycles. The van der Waals surface area contributed by atoms with Crippen molar-refractivity contribution in [1.29, 1.82) is 0 Å². The van der Waals surface area contributed by atoms with E-state index in [1.807, 2.05) is 35.8 Å². The number of hydrogen-bond donors (Lipinski definition) is 0. The largest absolute Gasteiger partial charge is 0.490 e. The molecule has 0 radical (unpaired) electrons. The number of hydrogen-bond acceptors (Lipinski definition) is 6. The van der Waals surface area contributed by atoms with Gasteiger partial charge in [-0.15, -0.1) is 10.2 Å². The molecule has 0 bridgehead atoms. The van der Waals surface area contributed by atoms with Gasteiger partial charge in [0.15, 0.2) is 11.0 Å². The summed E-state index contributed by atoms with van der Waals surface area (Å²) in [6, 6.07) is 8.00. The van der Waals surface area contributed by atoms with E-state index in [1.165, 1.54) is 31.7 Å². The number of carbonyl (C=O) groups excluding carboxylic acids is 1. The van der Waals surface area contributed by atoms with Crippen LogP contribution in [0.1, 0.15) is 32.6 Å². The van der Waals surface area contributed by atoms with Crippen LogP contribution in [0.3, 0.4) is 0 Å². The topological polar surface area (TPSA) is 66.2 Å². The molecule has 0 N–H and O–H groups in total. The minimum absolute atomic E-state index is 0.225. The van der Waals surface area contributed by atoms with Crippen LogP contribution < -0.4 is 4.74 Å². The van der Waals surface area contributed by atoms with Crippen molar-refractivity contribution in [3.8, 4) is 17.1 Å². The second-order valence-electron chi connectivity index (χ2n) is 5.96. The van der Waals surface area contributed by atoms with Gasteiger partial charge < -0.3 is 14.0 Å². The summed E-state index contributed by atoms with van der Waals surface area (Å²) in [5.74, 6) is 1.65. The van der Waals surface area contributed by atoms with Crippen molar-refractivity contribution in [3.05, 3.63) is 24.3 Å². The first-order chi connectivity index (χ1) is 12.2. The number of methoxy groups -OCH3 is 1. The molecule has 2 aromatic rings. The van der Waals surface area contributed by atoms with E-state index in [0.29, 0.717) is 11.3 Å². The van der Waals surface area contributed by atoms with Crippen LogP contribution in [0.4, 0.5) is 0 Å². The Morgan fingerprint density at radius 2 is 1.96 bits per heavy atom. The molecule has 7 heteroatoms. The summed E-state index contributed by atoms with van der Waals surface area (Å²) >= 11 is 1.33. The standard InChI is InChI=1S/C18H23N3O3S/c1-3-21-17(19-20-18(21)25-12-16(22)23-2)13-8-10-15(11-9-13)24-14-6-4-5-7-14/h8-11,14H,3-7,12H2,1-2H3. The quantitative estimate of drug-likeness (QED) is 0.555. The summed E-state index contributed by atoms with van der Waals surface area (Å²) < 4.78 is 12.7. The van der Waals surface area contributed by atoms with Crippen LogP contribution in [0.25, 0.3) is 11.4 Å². The third-order valence-corrected chi connectivity index (χ3v) is 5.24. The Morgan fingerprint density at radius 1 is 1.24 bits per heavy atom. The Balaban J connectivity index is 1.72. The highest BCUT2D eigenvalue weighted by molar-refractivity contribution is 7.99. The van der Waals surface area contributed by atoms with Crippen LogP contribution in [-0.2, 0) is 16.1 Å². The molecular formula is C18H23N3O3S. The summed E-state index contributed by atoms with van der Waals surface area (Å²) in [5.41, 5.74) is 0.984. The maximum absolute atomic E-state index is 11.3. The molecule has 1 fully saturated rings. The smallest absolute Gasteiger partial charge is 0.316 e. The molecule has 0 unspecified atom stereocenters. The normalized spacial score (nSPS) is 14.6. The number of esters is 1. The predicted octanol–water partition coefficient (Wildman–Crippen LogP) is 3.55. The Labute approximate surface area is 151 Å². The van der Waals surface area contributed by atoms with Crippen LogP contribution in [0.5, 0.6) is 5.75 Å². The van der Waals surface area contributed by atoms with Crippen molar-refractivity contribution in [2.45, 2.75) is 50.4 Å². The lowest BCUT2D eigenvalue weighted by Crippen LogP contribution is -2.10. The van der Waals surface area contributed by atoms with Gasteiger partial charge in [0.25, 0.3) is 0 Å². The highest BCUT2D eigenvalue weighted by Gasteiger charge is 2.17. The molecular weight excluding hydrogens is 338 g/mol. The van der Waals surface area contributed by atoms with Crippen LogP contribution in [0.15, 0.2) is 29.4 Å². The van der Waals surface area contributed by atoms with E-state index in [4.69, 9.17) is 4.74 Å². The zero-order valence-corrected chi connectivity index (χ0v) is 15.4. The summed E-state index contributed by atoms with van der Waals surface area (Å²) in [7, 11) is 1.38. The van der Waals surface area contributed by atoms with Crippen molar-refractivity contribution in [2.24, 2.45) is 0 Å². The van der Waals surface area contributed by atoms with Gasteiger partial charge in [-0.2, -0.15) is 0 Å². The van der Waals surface area contributed by atoms with Gasteiger partial charge >= 0.3 is 5.97 Å². The Morgan fingerprint density at radius 3 is 2.60 bits per heavy atom. The molecule has 6 nitrogen and oxygen atoms in total. The van der Waals surface area contributed by atoms with Crippen molar-refractivity contribution >= 4 is 17.7 Å². The molecule has 1 saturated carbocycles. The predicted molar refractivity (Wildman–Crippen MR) is 96.8 cm³/mol. The van der Waals surface area contributed by atoms with Crippen molar-refractivity contribution in [2.75, 3.05) is 12.9 Å². The summed E-state index contributed by atoms with van der Waals surface area (Å²) in [4.78, 5) is 11.3.